The van der Waals surface area contributed by atoms with Gasteiger partial charge in [-0.3, -0.25) is 14.7 Å². The van der Waals surface area contributed by atoms with E-state index in [1.807, 2.05) is 23.1 Å². The van der Waals surface area contributed by atoms with Crippen LogP contribution in [-0.4, -0.2) is 72.8 Å². The lowest BCUT2D eigenvalue weighted by molar-refractivity contribution is -0.133. The van der Waals surface area contributed by atoms with Gasteiger partial charge >= 0.3 is 0 Å². The number of amides is 1. The van der Waals surface area contributed by atoms with Gasteiger partial charge in [0.1, 0.15) is 0 Å². The van der Waals surface area contributed by atoms with Crippen molar-refractivity contribution in [1.82, 2.24) is 14.8 Å². The third-order valence-corrected chi connectivity index (χ3v) is 6.46. The summed E-state index contributed by atoms with van der Waals surface area (Å²) in [6.07, 6.45) is 3.62. The zero-order valence-corrected chi connectivity index (χ0v) is 14.0. The molecule has 2 saturated heterocycles. The third-order valence-electron chi connectivity index (χ3n) is 4.71. The van der Waals surface area contributed by atoms with Crippen LogP contribution in [-0.2, 0) is 21.1 Å². The molecule has 0 aliphatic carbocycles. The first-order valence-electron chi connectivity index (χ1n) is 8.16. The van der Waals surface area contributed by atoms with Gasteiger partial charge in [0.15, 0.2) is 9.84 Å². The largest absolute Gasteiger partial charge is 0.340 e. The van der Waals surface area contributed by atoms with Crippen molar-refractivity contribution in [2.24, 2.45) is 0 Å². The maximum absolute atomic E-state index is 12.3. The number of nitrogens with zero attached hydrogens (tertiary/aromatic N) is 3. The molecule has 0 spiro atoms. The first kappa shape index (κ1) is 16.4. The molecule has 1 unspecified atom stereocenters. The quantitative estimate of drug-likeness (QED) is 0.793. The molecule has 1 amide bonds. The van der Waals surface area contributed by atoms with E-state index in [4.69, 9.17) is 0 Å². The first-order chi connectivity index (χ1) is 11.0. The molecular weight excluding hydrogens is 314 g/mol. The molecule has 126 valence electrons. The summed E-state index contributed by atoms with van der Waals surface area (Å²) in [6.45, 7) is 2.93. The van der Waals surface area contributed by atoms with Gasteiger partial charge in [0.05, 0.1) is 11.5 Å². The smallest absolute Gasteiger partial charge is 0.223 e. The van der Waals surface area contributed by atoms with Gasteiger partial charge in [-0.05, 0) is 25.0 Å². The molecule has 0 N–H and O–H groups in total. The van der Waals surface area contributed by atoms with Gasteiger partial charge in [-0.1, -0.05) is 6.07 Å². The number of carbonyl (C=O) groups is 1. The number of aromatic nitrogens is 1. The van der Waals surface area contributed by atoms with Crippen LogP contribution in [0.25, 0.3) is 0 Å². The van der Waals surface area contributed by atoms with E-state index in [0.29, 0.717) is 31.7 Å². The number of hydrogen-bond donors (Lipinski definition) is 0. The lowest BCUT2D eigenvalue weighted by atomic mass is 10.1. The van der Waals surface area contributed by atoms with Crippen molar-refractivity contribution in [2.75, 3.05) is 37.7 Å². The second-order valence-electron chi connectivity index (χ2n) is 6.29. The molecule has 2 aliphatic heterocycles. The second kappa shape index (κ2) is 6.97. The van der Waals surface area contributed by atoms with E-state index in [2.05, 4.69) is 9.88 Å². The fourth-order valence-corrected chi connectivity index (χ4v) is 5.10. The highest BCUT2D eigenvalue weighted by molar-refractivity contribution is 7.91. The average Bonchev–Trinajstić information content (AvgIpc) is 2.94. The highest BCUT2D eigenvalue weighted by atomic mass is 32.2. The summed E-state index contributed by atoms with van der Waals surface area (Å²) >= 11 is 0. The highest BCUT2D eigenvalue weighted by Crippen LogP contribution is 2.19. The van der Waals surface area contributed by atoms with E-state index in [1.54, 1.807) is 6.20 Å². The number of piperazine rings is 1. The summed E-state index contributed by atoms with van der Waals surface area (Å²) in [5.74, 6) is 0.746. The van der Waals surface area contributed by atoms with Gasteiger partial charge in [0, 0.05) is 50.5 Å². The van der Waals surface area contributed by atoms with Crippen molar-refractivity contribution in [3.05, 3.63) is 30.1 Å². The fourth-order valence-electron chi connectivity index (χ4n) is 3.34. The summed E-state index contributed by atoms with van der Waals surface area (Å²) in [7, 11) is -2.84. The first-order valence-corrected chi connectivity index (χ1v) is 9.98. The van der Waals surface area contributed by atoms with Crippen LogP contribution in [0, 0.1) is 0 Å². The number of sulfone groups is 1. The molecule has 0 aromatic carbocycles. The molecule has 0 bridgehead atoms. The van der Waals surface area contributed by atoms with E-state index in [9.17, 15) is 13.2 Å². The van der Waals surface area contributed by atoms with E-state index in [-0.39, 0.29) is 17.7 Å². The van der Waals surface area contributed by atoms with Crippen LogP contribution >= 0.6 is 0 Å². The predicted octanol–water partition coefficient (Wildman–Crippen LogP) is 0.346. The van der Waals surface area contributed by atoms with Crippen LogP contribution in [0.1, 0.15) is 18.5 Å². The Bertz CT molecular complexity index is 640. The van der Waals surface area contributed by atoms with E-state index >= 15 is 0 Å². The Labute approximate surface area is 137 Å². The van der Waals surface area contributed by atoms with Gasteiger partial charge in [0.25, 0.3) is 0 Å². The van der Waals surface area contributed by atoms with Crippen molar-refractivity contribution in [2.45, 2.75) is 25.3 Å². The van der Waals surface area contributed by atoms with Crippen LogP contribution in [0.2, 0.25) is 0 Å². The summed E-state index contributed by atoms with van der Waals surface area (Å²) in [4.78, 5) is 20.6. The number of rotatable bonds is 4. The SMILES string of the molecule is O=C(CCc1ccccn1)N1CCN(C2CCS(=O)(=O)C2)CC1. The standard InChI is InChI=1S/C16H23N3O3S/c20-16(5-4-14-3-1-2-7-17-14)19-10-8-18(9-11-19)15-6-12-23(21,22)13-15/h1-3,7,15H,4-6,8-13H2. The summed E-state index contributed by atoms with van der Waals surface area (Å²) in [5, 5.41) is 0. The molecular formula is C16H23N3O3S. The Morgan fingerprint density at radius 3 is 2.61 bits per heavy atom. The molecule has 7 heteroatoms. The van der Waals surface area contributed by atoms with Crippen molar-refractivity contribution >= 4 is 15.7 Å². The van der Waals surface area contributed by atoms with Crippen LogP contribution in [0.4, 0.5) is 0 Å². The highest BCUT2D eigenvalue weighted by Gasteiger charge is 2.34. The zero-order valence-electron chi connectivity index (χ0n) is 13.2. The Morgan fingerprint density at radius 1 is 1.22 bits per heavy atom. The molecule has 0 radical (unpaired) electrons. The summed E-state index contributed by atoms with van der Waals surface area (Å²) in [5.41, 5.74) is 0.940. The van der Waals surface area contributed by atoms with Crippen LogP contribution in [0.15, 0.2) is 24.4 Å². The van der Waals surface area contributed by atoms with Gasteiger partial charge < -0.3 is 4.90 Å². The molecule has 6 nitrogen and oxygen atoms in total. The lowest BCUT2D eigenvalue weighted by Crippen LogP contribution is -2.52. The number of carbonyl (C=O) groups excluding carboxylic acids is 1. The van der Waals surface area contributed by atoms with Crippen LogP contribution in [0.3, 0.4) is 0 Å². The van der Waals surface area contributed by atoms with Crippen molar-refractivity contribution in [3.63, 3.8) is 0 Å². The number of pyridine rings is 1. The fraction of sp³-hybridized carbons (Fsp3) is 0.625. The maximum atomic E-state index is 12.3. The summed E-state index contributed by atoms with van der Waals surface area (Å²) in [6, 6.07) is 5.88. The Morgan fingerprint density at radius 2 is 2.00 bits per heavy atom. The normalized spacial score (nSPS) is 24.7. The van der Waals surface area contributed by atoms with E-state index in [1.165, 1.54) is 0 Å². The van der Waals surface area contributed by atoms with E-state index < -0.39 is 9.84 Å². The molecule has 0 saturated carbocycles. The Balaban J connectivity index is 1.44. The van der Waals surface area contributed by atoms with Crippen molar-refractivity contribution < 1.29 is 13.2 Å². The van der Waals surface area contributed by atoms with Gasteiger partial charge in [-0.2, -0.15) is 0 Å². The Hall–Kier alpha value is -1.47. The minimum Gasteiger partial charge on any atom is -0.340 e. The van der Waals surface area contributed by atoms with Crippen molar-refractivity contribution in [1.29, 1.82) is 0 Å². The second-order valence-corrected chi connectivity index (χ2v) is 8.52. The average molecular weight is 337 g/mol. The molecule has 3 rings (SSSR count). The topological polar surface area (TPSA) is 70.6 Å². The zero-order chi connectivity index (χ0) is 16.3. The van der Waals surface area contributed by atoms with E-state index in [0.717, 1.165) is 25.2 Å². The van der Waals surface area contributed by atoms with Crippen LogP contribution < -0.4 is 0 Å². The molecule has 1 atom stereocenters. The molecule has 2 fully saturated rings. The molecule has 2 aliphatic rings. The van der Waals surface area contributed by atoms with Gasteiger partial charge in [0.2, 0.25) is 5.91 Å². The molecule has 23 heavy (non-hydrogen) atoms. The monoisotopic (exact) mass is 337 g/mol. The lowest BCUT2D eigenvalue weighted by Gasteiger charge is -2.37. The molecule has 1 aromatic heterocycles. The maximum Gasteiger partial charge on any atom is 0.223 e. The van der Waals surface area contributed by atoms with Gasteiger partial charge in [-0.25, -0.2) is 8.42 Å². The Kier molecular flexibility index (Phi) is 4.96. The predicted molar refractivity (Wildman–Crippen MR) is 87.8 cm³/mol. The molecule has 1 aromatic rings. The van der Waals surface area contributed by atoms with Gasteiger partial charge in [-0.15, -0.1) is 0 Å². The van der Waals surface area contributed by atoms with Crippen LogP contribution in [0.5, 0.6) is 0 Å². The third kappa shape index (κ3) is 4.29. The summed E-state index contributed by atoms with van der Waals surface area (Å²) < 4.78 is 23.2. The minimum absolute atomic E-state index is 0.144. The molecule has 3 heterocycles. The van der Waals surface area contributed by atoms with Crippen molar-refractivity contribution in [3.8, 4) is 0 Å². The minimum atomic E-state index is -2.84. The number of hydrogen-bond acceptors (Lipinski definition) is 5. The number of aryl methyl sites for hydroxylation is 1.